The first kappa shape index (κ1) is 27.7. The number of hydrogen-bond donors (Lipinski definition) is 1. The van der Waals surface area contributed by atoms with E-state index in [9.17, 15) is 14.7 Å². The van der Waals surface area contributed by atoms with Gasteiger partial charge >= 0.3 is 12.1 Å². The molecule has 12 heteroatoms. The summed E-state index contributed by atoms with van der Waals surface area (Å²) in [5.74, 6) is 5.42. The molecule has 1 spiro atoms. The van der Waals surface area contributed by atoms with Crippen molar-refractivity contribution in [1.82, 2.24) is 19.7 Å². The number of aryl methyl sites for hydroxylation is 1. The number of carboxylic acids is 1. The Bertz CT molecular complexity index is 1340. The molecule has 40 heavy (non-hydrogen) atoms. The molecule has 0 unspecified atom stereocenters. The van der Waals surface area contributed by atoms with E-state index in [-0.39, 0.29) is 19.0 Å². The Morgan fingerprint density at radius 3 is 2.65 bits per heavy atom. The Kier molecular flexibility index (Phi) is 7.37. The molecular formula is C28H35N5O7. The molecule has 0 aromatic carbocycles. The zero-order chi connectivity index (χ0) is 28.7. The quantitative estimate of drug-likeness (QED) is 0.562. The topological polar surface area (TPSA) is 128 Å². The van der Waals surface area contributed by atoms with Gasteiger partial charge in [-0.2, -0.15) is 5.10 Å². The maximum atomic E-state index is 12.8. The lowest BCUT2D eigenvalue weighted by Crippen LogP contribution is -2.68. The minimum Gasteiger partial charge on any atom is -0.480 e. The van der Waals surface area contributed by atoms with Crippen molar-refractivity contribution in [3.63, 3.8) is 0 Å². The maximum Gasteiger partial charge on any atom is 0.411 e. The van der Waals surface area contributed by atoms with E-state index in [1.54, 1.807) is 31.6 Å². The molecule has 0 radical (unpaired) electrons. The van der Waals surface area contributed by atoms with E-state index in [1.807, 2.05) is 25.4 Å². The fourth-order valence-corrected chi connectivity index (χ4v) is 5.12. The van der Waals surface area contributed by atoms with Gasteiger partial charge in [0.2, 0.25) is 5.88 Å². The van der Waals surface area contributed by atoms with E-state index in [2.05, 4.69) is 33.7 Å². The van der Waals surface area contributed by atoms with Crippen LogP contribution in [0.4, 0.5) is 10.5 Å². The summed E-state index contributed by atoms with van der Waals surface area (Å²) in [6, 6.07) is 2.65. The molecule has 3 saturated heterocycles. The Balaban J connectivity index is 1.43. The number of nitrogens with zero attached hydrogens (tertiary/aromatic N) is 5. The molecule has 3 aliphatic rings. The lowest BCUT2D eigenvalue weighted by atomic mass is 9.90. The molecule has 214 valence electrons. The summed E-state index contributed by atoms with van der Waals surface area (Å²) in [6.45, 7) is 9.47. The van der Waals surface area contributed by atoms with Crippen molar-refractivity contribution in [3.8, 4) is 17.7 Å². The van der Waals surface area contributed by atoms with E-state index in [1.165, 1.54) is 4.90 Å². The van der Waals surface area contributed by atoms with Gasteiger partial charge in [0.1, 0.15) is 34.7 Å². The second-order valence-corrected chi connectivity index (χ2v) is 11.4. The van der Waals surface area contributed by atoms with Crippen LogP contribution in [-0.4, -0.2) is 99.1 Å². The van der Waals surface area contributed by atoms with Crippen LogP contribution in [0.25, 0.3) is 0 Å². The van der Waals surface area contributed by atoms with Crippen LogP contribution in [0.1, 0.15) is 45.4 Å². The Labute approximate surface area is 233 Å². The van der Waals surface area contributed by atoms with E-state index in [4.69, 9.17) is 18.9 Å². The fraction of sp³-hybridized carbons (Fsp3) is 0.571. The number of anilines is 1. The minimum atomic E-state index is -1.11. The summed E-state index contributed by atoms with van der Waals surface area (Å²) in [5.41, 5.74) is 0.865. The van der Waals surface area contributed by atoms with Gasteiger partial charge < -0.3 is 29.0 Å². The predicted molar refractivity (Wildman–Crippen MR) is 143 cm³/mol. The number of amides is 1. The van der Waals surface area contributed by atoms with Crippen molar-refractivity contribution < 1.29 is 33.6 Å². The SMILES string of the molecule is C[C@H]1N(c2cc(C#Cc3ccn(C)n3)cnc2O[C@H]2C[C@@H](C(=O)O)N(C(=O)OC(C)(C)C)C2)CCOC12COC2. The van der Waals surface area contributed by atoms with Crippen molar-refractivity contribution in [2.75, 3.05) is 37.8 Å². The van der Waals surface area contributed by atoms with Crippen LogP contribution in [0, 0.1) is 11.8 Å². The standard InChI is InChI=1S/C28H35N5O7/c1-18-28(16-37-17-28)38-11-10-32(18)22-12-19(6-7-20-8-9-31(5)30-20)14-29-24(22)39-21-13-23(25(34)35)33(15-21)26(36)40-27(2,3)4/h8-9,12,14,18,21,23H,10-11,13,15-17H2,1-5H3,(H,34,35)/t18-,21+,23+/m1/s1. The third-order valence-corrected chi connectivity index (χ3v) is 7.29. The molecule has 0 aliphatic carbocycles. The zero-order valence-corrected chi connectivity index (χ0v) is 23.4. The van der Waals surface area contributed by atoms with Crippen LogP contribution in [0.5, 0.6) is 5.88 Å². The van der Waals surface area contributed by atoms with Crippen molar-refractivity contribution in [3.05, 3.63) is 35.8 Å². The highest BCUT2D eigenvalue weighted by Gasteiger charge is 2.50. The van der Waals surface area contributed by atoms with Crippen LogP contribution in [-0.2, 0) is 26.1 Å². The van der Waals surface area contributed by atoms with Gasteiger partial charge in [-0.05, 0) is 45.7 Å². The van der Waals surface area contributed by atoms with E-state index < -0.39 is 35.4 Å². The smallest absolute Gasteiger partial charge is 0.411 e. The third kappa shape index (κ3) is 5.71. The van der Waals surface area contributed by atoms with Crippen LogP contribution >= 0.6 is 0 Å². The van der Waals surface area contributed by atoms with Gasteiger partial charge in [0.05, 0.1) is 32.4 Å². The number of carboxylic acid groups (broad SMARTS) is 1. The molecule has 12 nitrogen and oxygen atoms in total. The lowest BCUT2D eigenvalue weighted by Gasteiger charge is -2.53. The first-order valence-electron chi connectivity index (χ1n) is 13.3. The summed E-state index contributed by atoms with van der Waals surface area (Å²) < 4.78 is 25.1. The zero-order valence-electron chi connectivity index (χ0n) is 23.4. The first-order valence-corrected chi connectivity index (χ1v) is 13.3. The van der Waals surface area contributed by atoms with Crippen LogP contribution in [0.15, 0.2) is 24.5 Å². The molecule has 1 amide bonds. The number of ether oxygens (including phenoxy) is 4. The second kappa shape index (κ2) is 10.6. The molecule has 0 saturated carbocycles. The Hall–Kier alpha value is -3.82. The fourth-order valence-electron chi connectivity index (χ4n) is 5.12. The van der Waals surface area contributed by atoms with Gasteiger partial charge in [-0.15, -0.1) is 0 Å². The highest BCUT2D eigenvalue weighted by molar-refractivity contribution is 5.81. The van der Waals surface area contributed by atoms with Crippen LogP contribution < -0.4 is 9.64 Å². The average molecular weight is 554 g/mol. The van der Waals surface area contributed by atoms with Crippen molar-refractivity contribution in [2.24, 2.45) is 7.05 Å². The van der Waals surface area contributed by atoms with Crippen LogP contribution in [0.3, 0.4) is 0 Å². The summed E-state index contributed by atoms with van der Waals surface area (Å²) >= 11 is 0. The molecule has 5 heterocycles. The molecule has 3 atom stereocenters. The van der Waals surface area contributed by atoms with E-state index >= 15 is 0 Å². The highest BCUT2D eigenvalue weighted by atomic mass is 16.6. The van der Waals surface area contributed by atoms with E-state index in [0.29, 0.717) is 43.5 Å². The molecule has 2 aromatic heterocycles. The number of rotatable bonds is 4. The normalized spacial score (nSPS) is 23.8. The van der Waals surface area contributed by atoms with Gasteiger partial charge in [0.15, 0.2) is 0 Å². The number of carbonyl (C=O) groups is 2. The summed E-state index contributed by atoms with van der Waals surface area (Å²) in [7, 11) is 1.83. The number of likely N-dealkylation sites (tertiary alicyclic amines) is 1. The number of aliphatic carboxylic acids is 1. The third-order valence-electron chi connectivity index (χ3n) is 7.29. The number of pyridine rings is 1. The second-order valence-electron chi connectivity index (χ2n) is 11.4. The largest absolute Gasteiger partial charge is 0.480 e. The molecule has 3 fully saturated rings. The molecule has 3 aliphatic heterocycles. The van der Waals surface area contributed by atoms with Gasteiger partial charge in [0.25, 0.3) is 0 Å². The molecule has 2 aromatic rings. The predicted octanol–water partition coefficient (Wildman–Crippen LogP) is 2.05. The minimum absolute atomic E-state index is 0.0354. The molecule has 0 bridgehead atoms. The van der Waals surface area contributed by atoms with Crippen molar-refractivity contribution >= 4 is 17.7 Å². The monoisotopic (exact) mass is 553 g/mol. The first-order chi connectivity index (χ1) is 18.9. The van der Waals surface area contributed by atoms with Gasteiger partial charge in [-0.3, -0.25) is 9.58 Å². The van der Waals surface area contributed by atoms with Crippen molar-refractivity contribution in [1.29, 1.82) is 0 Å². The van der Waals surface area contributed by atoms with Crippen LogP contribution in [0.2, 0.25) is 0 Å². The van der Waals surface area contributed by atoms with Crippen molar-refractivity contribution in [2.45, 2.75) is 63.5 Å². The van der Waals surface area contributed by atoms with E-state index in [0.717, 1.165) is 5.69 Å². The van der Waals surface area contributed by atoms with Gasteiger partial charge in [-0.25, -0.2) is 14.6 Å². The summed E-state index contributed by atoms with van der Waals surface area (Å²) in [6.07, 6.45) is 2.27. The average Bonchev–Trinajstić information content (AvgIpc) is 3.48. The molecule has 1 N–H and O–H groups in total. The number of carbonyl (C=O) groups excluding carboxylic acids is 1. The number of hydrogen-bond acceptors (Lipinski definition) is 9. The maximum absolute atomic E-state index is 12.8. The lowest BCUT2D eigenvalue weighted by molar-refractivity contribution is -0.228. The number of morpholine rings is 1. The Morgan fingerprint density at radius 1 is 1.25 bits per heavy atom. The summed E-state index contributed by atoms with van der Waals surface area (Å²) in [4.78, 5) is 32.8. The Morgan fingerprint density at radius 2 is 2.02 bits per heavy atom. The highest BCUT2D eigenvalue weighted by Crippen LogP contribution is 2.39. The molecular weight excluding hydrogens is 518 g/mol. The van der Waals surface area contributed by atoms with Gasteiger partial charge in [-0.1, -0.05) is 5.92 Å². The number of aromatic nitrogens is 3. The molecule has 5 rings (SSSR count). The summed E-state index contributed by atoms with van der Waals surface area (Å²) in [5, 5.41) is 14.1. The van der Waals surface area contributed by atoms with Gasteiger partial charge in [0, 0.05) is 38.0 Å².